The Labute approximate surface area is 121 Å². The lowest BCUT2D eigenvalue weighted by Gasteiger charge is -2.05. The van der Waals surface area contributed by atoms with Crippen molar-refractivity contribution in [2.24, 2.45) is 5.73 Å². The molecule has 2 aromatic heterocycles. The molecule has 0 aliphatic rings. The molecule has 0 spiro atoms. The van der Waals surface area contributed by atoms with Crippen LogP contribution in [0.5, 0.6) is 0 Å². The number of hydrogen-bond donors (Lipinski definition) is 2. The van der Waals surface area contributed by atoms with Gasteiger partial charge in [-0.3, -0.25) is 4.79 Å². The summed E-state index contributed by atoms with van der Waals surface area (Å²) in [6.45, 7) is 0.319. The number of aromatic amines is 1. The molecule has 0 amide bonds. The van der Waals surface area contributed by atoms with Crippen molar-refractivity contribution in [2.45, 2.75) is 6.54 Å². The molecule has 3 N–H and O–H groups in total. The van der Waals surface area contributed by atoms with E-state index in [1.54, 1.807) is 12.4 Å². The summed E-state index contributed by atoms with van der Waals surface area (Å²) in [5, 5.41) is 0.638. The highest BCUT2D eigenvalue weighted by atomic mass is 35.5. The Morgan fingerprint density at radius 1 is 1.10 bits per heavy atom. The van der Waals surface area contributed by atoms with Crippen LogP contribution >= 0.6 is 12.4 Å². The van der Waals surface area contributed by atoms with E-state index in [1.807, 2.05) is 18.2 Å². The number of fused-ring (bicyclic) bond motifs is 1. The van der Waals surface area contributed by atoms with Gasteiger partial charge in [-0.1, -0.05) is 6.07 Å². The molecule has 0 saturated carbocycles. The number of aromatic nitrogens is 3. The molecule has 1 aromatic carbocycles. The topological polar surface area (TPSA) is 84.7 Å². The minimum Gasteiger partial charge on any atom is -0.357 e. The fraction of sp³-hybridized carbons (Fsp3) is 0.0714. The number of benzene rings is 1. The molecule has 0 atom stereocenters. The van der Waals surface area contributed by atoms with Crippen LogP contribution in [-0.4, -0.2) is 15.0 Å². The summed E-state index contributed by atoms with van der Waals surface area (Å²) in [4.78, 5) is 23.1. The van der Waals surface area contributed by atoms with Crippen LogP contribution in [0.3, 0.4) is 0 Å². The van der Waals surface area contributed by atoms with Gasteiger partial charge in [-0.2, -0.15) is 0 Å². The molecule has 0 radical (unpaired) electrons. The van der Waals surface area contributed by atoms with Crippen molar-refractivity contribution < 1.29 is 0 Å². The second kappa shape index (κ2) is 5.81. The van der Waals surface area contributed by atoms with Crippen molar-refractivity contribution in [1.29, 1.82) is 0 Å². The average Bonchev–Trinajstić information content (AvgIpc) is 2.47. The number of halogens is 1. The van der Waals surface area contributed by atoms with Gasteiger partial charge in [0.15, 0.2) is 5.43 Å². The fourth-order valence-electron chi connectivity index (χ4n) is 2.04. The molecule has 3 aromatic rings. The average molecular weight is 289 g/mol. The zero-order valence-electron chi connectivity index (χ0n) is 10.5. The van der Waals surface area contributed by atoms with Crippen molar-refractivity contribution in [3.8, 4) is 11.1 Å². The minimum atomic E-state index is -0.0344. The van der Waals surface area contributed by atoms with Crippen molar-refractivity contribution in [1.82, 2.24) is 15.0 Å². The molecule has 5 nitrogen and oxygen atoms in total. The van der Waals surface area contributed by atoms with E-state index in [-0.39, 0.29) is 17.8 Å². The number of nitrogens with two attached hydrogens (primary N) is 1. The molecular weight excluding hydrogens is 276 g/mol. The van der Waals surface area contributed by atoms with Crippen LogP contribution in [0.1, 0.15) is 5.69 Å². The number of H-pyrrole nitrogens is 1. The number of rotatable bonds is 2. The molecule has 3 rings (SSSR count). The van der Waals surface area contributed by atoms with Gasteiger partial charge in [-0.15, -0.1) is 12.4 Å². The van der Waals surface area contributed by atoms with Crippen LogP contribution in [0.15, 0.2) is 47.8 Å². The molecule has 2 heterocycles. The highest BCUT2D eigenvalue weighted by Crippen LogP contribution is 2.20. The zero-order chi connectivity index (χ0) is 13.2. The SMILES string of the molecule is Cl.NCc1cc(=O)c2cc(-c3cncnc3)ccc2[nH]1. The number of pyridine rings is 1. The number of nitrogens with zero attached hydrogens (tertiary/aromatic N) is 2. The van der Waals surface area contributed by atoms with Crippen LogP contribution < -0.4 is 11.2 Å². The Bertz CT molecular complexity index is 786. The van der Waals surface area contributed by atoms with E-state index in [9.17, 15) is 4.79 Å². The van der Waals surface area contributed by atoms with E-state index >= 15 is 0 Å². The Hall–Kier alpha value is -2.24. The first-order valence-electron chi connectivity index (χ1n) is 5.89. The Kier molecular flexibility index (Phi) is 4.12. The third-order valence-corrected chi connectivity index (χ3v) is 3.00. The monoisotopic (exact) mass is 288 g/mol. The van der Waals surface area contributed by atoms with E-state index in [0.29, 0.717) is 11.9 Å². The van der Waals surface area contributed by atoms with Crippen LogP contribution in [0, 0.1) is 0 Å². The Balaban J connectivity index is 0.00000147. The molecule has 102 valence electrons. The molecule has 20 heavy (non-hydrogen) atoms. The molecule has 6 heteroatoms. The van der Waals surface area contributed by atoms with Crippen LogP contribution in [0.2, 0.25) is 0 Å². The summed E-state index contributed by atoms with van der Waals surface area (Å²) in [6, 6.07) is 7.18. The quantitative estimate of drug-likeness (QED) is 0.754. The summed E-state index contributed by atoms with van der Waals surface area (Å²) in [6.07, 6.45) is 4.91. The summed E-state index contributed by atoms with van der Waals surface area (Å²) < 4.78 is 0. The van der Waals surface area contributed by atoms with Crippen LogP contribution in [-0.2, 0) is 6.54 Å². The summed E-state index contributed by atoms with van der Waals surface area (Å²) in [5.74, 6) is 0. The second-order valence-electron chi connectivity index (χ2n) is 4.25. The van der Waals surface area contributed by atoms with Gasteiger partial charge in [0.2, 0.25) is 0 Å². The fourth-order valence-corrected chi connectivity index (χ4v) is 2.04. The van der Waals surface area contributed by atoms with Gasteiger partial charge in [-0.05, 0) is 17.7 Å². The lowest BCUT2D eigenvalue weighted by atomic mass is 10.1. The zero-order valence-corrected chi connectivity index (χ0v) is 11.4. The first kappa shape index (κ1) is 14.2. The van der Waals surface area contributed by atoms with E-state index < -0.39 is 0 Å². The predicted molar refractivity (Wildman–Crippen MR) is 80.7 cm³/mol. The molecular formula is C14H13ClN4O. The second-order valence-corrected chi connectivity index (χ2v) is 4.25. The summed E-state index contributed by atoms with van der Waals surface area (Å²) >= 11 is 0. The van der Waals surface area contributed by atoms with Crippen molar-refractivity contribution in [3.63, 3.8) is 0 Å². The van der Waals surface area contributed by atoms with Gasteiger partial charge < -0.3 is 10.7 Å². The smallest absolute Gasteiger partial charge is 0.189 e. The van der Waals surface area contributed by atoms with E-state index in [1.165, 1.54) is 12.4 Å². The standard InChI is InChI=1S/C14H12N4O.ClH/c15-5-11-4-14(19)12-3-9(1-2-13(12)18-11)10-6-16-8-17-7-10;/h1-4,6-8H,5,15H2,(H,18,19);1H. The number of nitrogens with one attached hydrogen (secondary N) is 1. The van der Waals surface area contributed by atoms with Gasteiger partial charge >= 0.3 is 0 Å². The Morgan fingerprint density at radius 2 is 1.85 bits per heavy atom. The van der Waals surface area contributed by atoms with E-state index in [4.69, 9.17) is 5.73 Å². The third-order valence-electron chi connectivity index (χ3n) is 3.00. The summed E-state index contributed by atoms with van der Waals surface area (Å²) in [5.41, 5.74) is 8.82. The van der Waals surface area contributed by atoms with Gasteiger partial charge in [0.1, 0.15) is 6.33 Å². The van der Waals surface area contributed by atoms with Gasteiger partial charge in [0.05, 0.1) is 0 Å². The van der Waals surface area contributed by atoms with Crippen molar-refractivity contribution in [3.05, 3.63) is 58.9 Å². The van der Waals surface area contributed by atoms with Gasteiger partial charge in [0, 0.05) is 47.2 Å². The molecule has 0 saturated heterocycles. The lowest BCUT2D eigenvalue weighted by Crippen LogP contribution is -2.08. The number of hydrogen-bond acceptors (Lipinski definition) is 4. The first-order valence-corrected chi connectivity index (χ1v) is 5.89. The maximum absolute atomic E-state index is 12.0. The first-order chi connectivity index (χ1) is 9.28. The Morgan fingerprint density at radius 3 is 2.55 bits per heavy atom. The lowest BCUT2D eigenvalue weighted by molar-refractivity contribution is 1.00. The molecule has 0 aliphatic heterocycles. The van der Waals surface area contributed by atoms with E-state index in [2.05, 4.69) is 15.0 Å². The highest BCUT2D eigenvalue weighted by molar-refractivity contribution is 5.85. The van der Waals surface area contributed by atoms with Crippen molar-refractivity contribution >= 4 is 23.3 Å². The molecule has 0 unspecified atom stereocenters. The molecule has 0 bridgehead atoms. The highest BCUT2D eigenvalue weighted by Gasteiger charge is 2.04. The van der Waals surface area contributed by atoms with E-state index in [0.717, 1.165) is 22.3 Å². The summed E-state index contributed by atoms with van der Waals surface area (Å²) in [7, 11) is 0. The molecule has 0 aliphatic carbocycles. The van der Waals surface area contributed by atoms with Crippen LogP contribution in [0.4, 0.5) is 0 Å². The molecule has 0 fully saturated rings. The third kappa shape index (κ3) is 2.54. The maximum atomic E-state index is 12.0. The van der Waals surface area contributed by atoms with Gasteiger partial charge in [-0.25, -0.2) is 9.97 Å². The van der Waals surface area contributed by atoms with Crippen molar-refractivity contribution in [2.75, 3.05) is 0 Å². The minimum absolute atomic E-state index is 0. The largest absolute Gasteiger partial charge is 0.357 e. The van der Waals surface area contributed by atoms with Gasteiger partial charge in [0.25, 0.3) is 0 Å². The maximum Gasteiger partial charge on any atom is 0.189 e. The predicted octanol–water partition coefficient (Wildman–Crippen LogP) is 1.87. The normalized spacial score (nSPS) is 10.2. The van der Waals surface area contributed by atoms with Crippen LogP contribution in [0.25, 0.3) is 22.0 Å².